The summed E-state index contributed by atoms with van der Waals surface area (Å²) >= 11 is 0. The zero-order valence-corrected chi connectivity index (χ0v) is 16.7. The van der Waals surface area contributed by atoms with Gasteiger partial charge in [-0.15, -0.1) is 0 Å². The lowest BCUT2D eigenvalue weighted by atomic mass is 9.83. The maximum absolute atomic E-state index is 12.6. The number of fused-ring (bicyclic) bond motifs is 1. The summed E-state index contributed by atoms with van der Waals surface area (Å²) < 4.78 is 12.2. The molecule has 1 aliphatic rings. The Labute approximate surface area is 162 Å². The molecule has 0 radical (unpaired) electrons. The van der Waals surface area contributed by atoms with Gasteiger partial charge < -0.3 is 14.5 Å². The Bertz CT molecular complexity index is 811. The van der Waals surface area contributed by atoms with Crippen LogP contribution in [0.3, 0.4) is 0 Å². The molecule has 3 rings (SSSR count). The molecule has 144 valence electrons. The highest BCUT2D eigenvalue weighted by atomic mass is 16.7. The van der Waals surface area contributed by atoms with Crippen LogP contribution >= 0.6 is 0 Å². The smallest absolute Gasteiger partial charge is 0.384 e. The molecule has 0 bridgehead atoms. The molecule has 6 heteroatoms. The van der Waals surface area contributed by atoms with Crippen molar-refractivity contribution in [3.63, 3.8) is 0 Å². The van der Waals surface area contributed by atoms with Crippen LogP contribution in [0.25, 0.3) is 10.9 Å². The van der Waals surface area contributed by atoms with Crippen molar-refractivity contribution in [2.45, 2.75) is 71.0 Å². The third-order valence-electron chi connectivity index (χ3n) is 5.63. The van der Waals surface area contributed by atoms with Gasteiger partial charge in [-0.3, -0.25) is 4.79 Å². The second kappa shape index (κ2) is 7.99. The average Bonchev–Trinajstić information content (AvgIpc) is 2.86. The fraction of sp³-hybridized carbons (Fsp3) is 0.524. The SMILES string of the molecule is CCCCCCC1(C)OB(NC(=O)c2ccc3ccccc3n2)OC1(C)C. The number of unbranched alkanes of at least 4 members (excludes halogenated alkanes) is 3. The van der Waals surface area contributed by atoms with Crippen LogP contribution < -0.4 is 5.23 Å². The second-order valence-corrected chi connectivity index (χ2v) is 7.98. The predicted octanol–water partition coefficient (Wildman–Crippen LogP) is 4.50. The van der Waals surface area contributed by atoms with Crippen molar-refractivity contribution in [2.75, 3.05) is 0 Å². The Morgan fingerprint density at radius 2 is 1.85 bits per heavy atom. The van der Waals surface area contributed by atoms with E-state index in [-0.39, 0.29) is 5.91 Å². The average molecular weight is 368 g/mol. The number of pyridine rings is 1. The normalized spacial score (nSPS) is 21.6. The highest BCUT2D eigenvalue weighted by Crippen LogP contribution is 2.40. The first-order valence-corrected chi connectivity index (χ1v) is 9.87. The fourth-order valence-electron chi connectivity index (χ4n) is 3.48. The number of hydrogen-bond acceptors (Lipinski definition) is 4. The van der Waals surface area contributed by atoms with Crippen molar-refractivity contribution in [3.05, 3.63) is 42.1 Å². The molecule has 1 fully saturated rings. The molecule has 2 aromatic rings. The topological polar surface area (TPSA) is 60.5 Å². The Morgan fingerprint density at radius 1 is 1.07 bits per heavy atom. The molecule has 0 saturated carbocycles. The molecule has 27 heavy (non-hydrogen) atoms. The summed E-state index contributed by atoms with van der Waals surface area (Å²) in [5.41, 5.74) is 0.235. The van der Waals surface area contributed by atoms with E-state index in [0.29, 0.717) is 5.69 Å². The number of carbonyl (C=O) groups excluding carboxylic acids is 1. The van der Waals surface area contributed by atoms with Gasteiger partial charge in [-0.2, -0.15) is 0 Å². The van der Waals surface area contributed by atoms with Gasteiger partial charge in [0.15, 0.2) is 0 Å². The quantitative estimate of drug-likeness (QED) is 0.577. The molecule has 1 unspecified atom stereocenters. The van der Waals surface area contributed by atoms with Gasteiger partial charge >= 0.3 is 7.25 Å². The zero-order chi connectivity index (χ0) is 19.5. The van der Waals surface area contributed by atoms with Crippen molar-refractivity contribution < 1.29 is 14.1 Å². The van der Waals surface area contributed by atoms with Gasteiger partial charge in [0.1, 0.15) is 5.69 Å². The van der Waals surface area contributed by atoms with Crippen LogP contribution in [0, 0.1) is 0 Å². The molecular weight excluding hydrogens is 339 g/mol. The summed E-state index contributed by atoms with van der Waals surface area (Å²) in [6, 6.07) is 11.3. The van der Waals surface area contributed by atoms with Crippen LogP contribution in [0.15, 0.2) is 36.4 Å². The maximum atomic E-state index is 12.6. The lowest BCUT2D eigenvalue weighted by Crippen LogP contribution is -2.44. The number of aromatic nitrogens is 1. The van der Waals surface area contributed by atoms with Gasteiger partial charge in [-0.1, -0.05) is 56.9 Å². The third-order valence-corrected chi connectivity index (χ3v) is 5.63. The van der Waals surface area contributed by atoms with Gasteiger partial charge in [0, 0.05) is 5.39 Å². The van der Waals surface area contributed by atoms with Gasteiger partial charge in [-0.25, -0.2) is 4.98 Å². The van der Waals surface area contributed by atoms with Crippen LogP contribution in [-0.2, 0) is 9.31 Å². The van der Waals surface area contributed by atoms with Crippen LogP contribution in [0.5, 0.6) is 0 Å². The van der Waals surface area contributed by atoms with E-state index in [1.165, 1.54) is 19.3 Å². The lowest BCUT2D eigenvalue weighted by molar-refractivity contribution is -0.0172. The van der Waals surface area contributed by atoms with E-state index < -0.39 is 18.5 Å². The standard InChI is InChI=1S/C21H29BN2O3/c1-5-6-7-10-15-21(4)20(2,3)26-22(27-21)24-19(25)18-14-13-16-11-8-9-12-17(16)23-18/h8-9,11-14H,5-7,10,15H2,1-4H3,(H,24,25). The minimum Gasteiger partial charge on any atom is -0.384 e. The number of hydrogen-bond donors (Lipinski definition) is 1. The Kier molecular flexibility index (Phi) is 5.87. The molecule has 1 aliphatic heterocycles. The third kappa shape index (κ3) is 4.33. The summed E-state index contributed by atoms with van der Waals surface area (Å²) in [7, 11) is -0.767. The monoisotopic (exact) mass is 368 g/mol. The number of benzene rings is 1. The minimum atomic E-state index is -0.767. The van der Waals surface area contributed by atoms with E-state index in [1.807, 2.05) is 44.2 Å². The molecule has 1 amide bonds. The highest BCUT2D eigenvalue weighted by molar-refractivity contribution is 6.47. The highest BCUT2D eigenvalue weighted by Gasteiger charge is 2.54. The van der Waals surface area contributed by atoms with Crippen molar-refractivity contribution in [1.82, 2.24) is 10.2 Å². The molecular formula is C21H29BN2O3. The van der Waals surface area contributed by atoms with Crippen molar-refractivity contribution >= 4 is 24.1 Å². The summed E-state index contributed by atoms with van der Waals surface area (Å²) in [4.78, 5) is 17.1. The molecule has 1 aromatic heterocycles. The van der Waals surface area contributed by atoms with E-state index in [4.69, 9.17) is 9.31 Å². The molecule has 1 atom stereocenters. The summed E-state index contributed by atoms with van der Waals surface area (Å²) in [6.45, 7) is 8.31. The first kappa shape index (κ1) is 19.8. The van der Waals surface area contributed by atoms with E-state index in [2.05, 4.69) is 24.1 Å². The molecule has 0 spiro atoms. The molecule has 1 saturated heterocycles. The van der Waals surface area contributed by atoms with Crippen molar-refractivity contribution in [2.24, 2.45) is 0 Å². The van der Waals surface area contributed by atoms with Gasteiger partial charge in [0.05, 0.1) is 16.7 Å². The maximum Gasteiger partial charge on any atom is 0.594 e. The summed E-state index contributed by atoms with van der Waals surface area (Å²) in [5, 5.41) is 3.83. The Morgan fingerprint density at radius 3 is 2.63 bits per heavy atom. The number of carbonyl (C=O) groups is 1. The van der Waals surface area contributed by atoms with Crippen molar-refractivity contribution in [3.8, 4) is 0 Å². The number of para-hydroxylation sites is 1. The van der Waals surface area contributed by atoms with Crippen LogP contribution in [0.4, 0.5) is 0 Å². The van der Waals surface area contributed by atoms with Crippen LogP contribution in [0.1, 0.15) is 70.3 Å². The number of nitrogens with zero attached hydrogens (tertiary/aromatic N) is 1. The summed E-state index contributed by atoms with van der Waals surface area (Å²) in [6.07, 6.45) is 5.61. The van der Waals surface area contributed by atoms with Crippen LogP contribution in [-0.4, -0.2) is 29.3 Å². The first-order valence-electron chi connectivity index (χ1n) is 9.87. The van der Waals surface area contributed by atoms with Gasteiger partial charge in [-0.05, 0) is 39.3 Å². The summed E-state index contributed by atoms with van der Waals surface area (Å²) in [5.74, 6) is -0.295. The van der Waals surface area contributed by atoms with Gasteiger partial charge in [0.25, 0.3) is 5.91 Å². The molecule has 1 aromatic carbocycles. The minimum absolute atomic E-state index is 0.295. The lowest BCUT2D eigenvalue weighted by Gasteiger charge is -2.36. The Hall–Kier alpha value is -1.92. The molecule has 5 nitrogen and oxygen atoms in total. The Balaban J connectivity index is 1.65. The predicted molar refractivity (Wildman–Crippen MR) is 108 cm³/mol. The fourth-order valence-corrected chi connectivity index (χ4v) is 3.48. The molecule has 1 N–H and O–H groups in total. The molecule has 0 aliphatic carbocycles. The van der Waals surface area contributed by atoms with E-state index in [0.717, 1.165) is 23.7 Å². The van der Waals surface area contributed by atoms with E-state index in [9.17, 15) is 4.79 Å². The first-order chi connectivity index (χ1) is 12.8. The van der Waals surface area contributed by atoms with Crippen molar-refractivity contribution in [1.29, 1.82) is 0 Å². The molecule has 2 heterocycles. The van der Waals surface area contributed by atoms with Crippen LogP contribution in [0.2, 0.25) is 0 Å². The van der Waals surface area contributed by atoms with Gasteiger partial charge in [0.2, 0.25) is 0 Å². The van der Waals surface area contributed by atoms with E-state index >= 15 is 0 Å². The van der Waals surface area contributed by atoms with E-state index in [1.54, 1.807) is 6.07 Å². The largest absolute Gasteiger partial charge is 0.594 e. The number of rotatable bonds is 7. The zero-order valence-electron chi connectivity index (χ0n) is 16.7. The second-order valence-electron chi connectivity index (χ2n) is 7.98. The number of nitrogens with one attached hydrogen (secondary N) is 1. The number of amides is 1.